The van der Waals surface area contributed by atoms with Crippen LogP contribution in [-0.4, -0.2) is 32.6 Å². The van der Waals surface area contributed by atoms with Crippen LogP contribution in [0.4, 0.5) is 0 Å². The largest absolute Gasteiger partial charge is 0.294 e. The van der Waals surface area contributed by atoms with Crippen LogP contribution in [0.2, 0.25) is 0 Å². The molecule has 2 aromatic rings. The Bertz CT molecular complexity index is 533. The maximum atomic E-state index is 4.77. The Morgan fingerprint density at radius 1 is 1.32 bits per heavy atom. The van der Waals surface area contributed by atoms with Gasteiger partial charge in [-0.3, -0.25) is 9.58 Å². The van der Waals surface area contributed by atoms with Crippen molar-refractivity contribution in [3.63, 3.8) is 0 Å². The van der Waals surface area contributed by atoms with Crippen molar-refractivity contribution < 1.29 is 0 Å². The summed E-state index contributed by atoms with van der Waals surface area (Å²) in [5, 5.41) is 7.05. The molecule has 0 unspecified atom stereocenters. The lowest BCUT2D eigenvalue weighted by Gasteiger charge is -2.24. The maximum absolute atomic E-state index is 4.77. The highest BCUT2D eigenvalue weighted by atomic mass is 79.9. The molecule has 4 heteroatoms. The monoisotopic (exact) mass is 323 g/mol. The van der Waals surface area contributed by atoms with Gasteiger partial charge in [0.25, 0.3) is 0 Å². The van der Waals surface area contributed by atoms with Crippen molar-refractivity contribution in [3.05, 3.63) is 30.0 Å². The minimum Gasteiger partial charge on any atom is -0.294 e. The molecule has 2 rings (SSSR count). The van der Waals surface area contributed by atoms with Crippen molar-refractivity contribution in [2.75, 3.05) is 11.9 Å². The number of halogens is 1. The summed E-state index contributed by atoms with van der Waals surface area (Å²) in [6.45, 7) is 9.49. The number of alkyl halides is 1. The lowest BCUT2D eigenvalue weighted by atomic mass is 10.2. The number of hydrogen-bond acceptors (Lipinski definition) is 2. The van der Waals surface area contributed by atoms with E-state index >= 15 is 0 Å². The second-order valence-electron chi connectivity index (χ2n) is 5.03. The highest BCUT2D eigenvalue weighted by molar-refractivity contribution is 9.09. The molecule has 104 valence electrons. The van der Waals surface area contributed by atoms with Gasteiger partial charge in [0.15, 0.2) is 0 Å². The van der Waals surface area contributed by atoms with Crippen molar-refractivity contribution in [2.24, 2.45) is 0 Å². The van der Waals surface area contributed by atoms with E-state index in [0.717, 1.165) is 25.0 Å². The number of fused-ring (bicyclic) bond motifs is 1. The fraction of sp³-hybridized carbons (Fsp3) is 0.533. The van der Waals surface area contributed by atoms with Crippen LogP contribution in [0.1, 0.15) is 26.5 Å². The number of nitrogens with zero attached hydrogens (tertiary/aromatic N) is 3. The molecule has 0 saturated heterocycles. The van der Waals surface area contributed by atoms with Gasteiger partial charge in [-0.2, -0.15) is 5.10 Å². The second kappa shape index (κ2) is 6.53. The van der Waals surface area contributed by atoms with Crippen LogP contribution in [-0.2, 0) is 13.1 Å². The molecule has 0 aliphatic rings. The molecule has 0 aliphatic heterocycles. The van der Waals surface area contributed by atoms with Crippen LogP contribution in [0.3, 0.4) is 0 Å². The summed E-state index contributed by atoms with van der Waals surface area (Å²) in [5.41, 5.74) is 2.43. The van der Waals surface area contributed by atoms with Gasteiger partial charge >= 0.3 is 0 Å². The molecule has 0 atom stereocenters. The van der Waals surface area contributed by atoms with E-state index in [0.29, 0.717) is 6.04 Å². The van der Waals surface area contributed by atoms with E-state index < -0.39 is 0 Å². The summed E-state index contributed by atoms with van der Waals surface area (Å²) in [7, 11) is 0. The van der Waals surface area contributed by atoms with Crippen molar-refractivity contribution in [3.8, 4) is 0 Å². The summed E-state index contributed by atoms with van der Waals surface area (Å²) >= 11 is 3.53. The number of hydrogen-bond donors (Lipinski definition) is 0. The second-order valence-corrected chi connectivity index (χ2v) is 5.83. The molecule has 0 aliphatic carbocycles. The third kappa shape index (κ3) is 3.18. The van der Waals surface area contributed by atoms with Crippen molar-refractivity contribution in [2.45, 2.75) is 39.9 Å². The Kier molecular flexibility index (Phi) is 4.99. The van der Waals surface area contributed by atoms with Gasteiger partial charge in [-0.15, -0.1) is 0 Å². The zero-order valence-electron chi connectivity index (χ0n) is 11.9. The Balaban J connectivity index is 2.34. The SMILES string of the molecule is CCn1nc(CN(CCBr)C(C)C)c2ccccc21. The summed E-state index contributed by atoms with van der Waals surface area (Å²) < 4.78 is 2.09. The number of benzene rings is 1. The zero-order chi connectivity index (χ0) is 13.8. The fourth-order valence-corrected chi connectivity index (χ4v) is 2.83. The molecule has 0 fully saturated rings. The Morgan fingerprint density at radius 2 is 2.05 bits per heavy atom. The smallest absolute Gasteiger partial charge is 0.0843 e. The molecule has 0 bridgehead atoms. The van der Waals surface area contributed by atoms with Gasteiger partial charge in [0.2, 0.25) is 0 Å². The highest BCUT2D eigenvalue weighted by Crippen LogP contribution is 2.20. The van der Waals surface area contributed by atoms with E-state index in [9.17, 15) is 0 Å². The van der Waals surface area contributed by atoms with E-state index in [1.54, 1.807) is 0 Å². The molecule has 19 heavy (non-hydrogen) atoms. The molecular formula is C15H22BrN3. The quantitative estimate of drug-likeness (QED) is 0.756. The highest BCUT2D eigenvalue weighted by Gasteiger charge is 2.15. The van der Waals surface area contributed by atoms with Crippen molar-refractivity contribution in [1.29, 1.82) is 0 Å². The predicted molar refractivity (Wildman–Crippen MR) is 84.7 cm³/mol. The van der Waals surface area contributed by atoms with Crippen molar-refractivity contribution >= 4 is 26.8 Å². The van der Waals surface area contributed by atoms with Gasteiger partial charge in [-0.25, -0.2) is 0 Å². The van der Waals surface area contributed by atoms with Gasteiger partial charge in [0.1, 0.15) is 0 Å². The molecule has 0 radical (unpaired) electrons. The molecule has 1 heterocycles. The van der Waals surface area contributed by atoms with Crippen molar-refractivity contribution in [1.82, 2.24) is 14.7 Å². The first-order valence-corrected chi connectivity index (χ1v) is 8.04. The lowest BCUT2D eigenvalue weighted by Crippen LogP contribution is -2.32. The van der Waals surface area contributed by atoms with Crippen LogP contribution >= 0.6 is 15.9 Å². The fourth-order valence-electron chi connectivity index (χ4n) is 2.37. The molecular weight excluding hydrogens is 302 g/mol. The first-order chi connectivity index (χ1) is 9.17. The van der Waals surface area contributed by atoms with Crippen LogP contribution in [0.15, 0.2) is 24.3 Å². The van der Waals surface area contributed by atoms with Gasteiger partial charge in [0.05, 0.1) is 11.2 Å². The van der Waals surface area contributed by atoms with Gasteiger partial charge in [-0.05, 0) is 26.8 Å². The summed E-state index contributed by atoms with van der Waals surface area (Å²) in [6, 6.07) is 9.04. The third-order valence-corrected chi connectivity index (χ3v) is 3.84. The maximum Gasteiger partial charge on any atom is 0.0843 e. The van der Waals surface area contributed by atoms with Crippen LogP contribution in [0.25, 0.3) is 10.9 Å². The number of aromatic nitrogens is 2. The first-order valence-electron chi connectivity index (χ1n) is 6.91. The first kappa shape index (κ1) is 14.5. The van der Waals surface area contributed by atoms with E-state index in [2.05, 4.69) is 70.5 Å². The molecule has 1 aromatic heterocycles. The molecule has 1 aromatic carbocycles. The minimum absolute atomic E-state index is 0.531. The standard InChI is InChI=1S/C15H22BrN3/c1-4-19-15-8-6-5-7-13(15)14(17-19)11-18(10-9-16)12(2)3/h5-8,12H,4,9-11H2,1-3H3. The Hall–Kier alpha value is -0.870. The molecule has 0 spiro atoms. The van der Waals surface area contributed by atoms with Crippen LogP contribution in [0.5, 0.6) is 0 Å². The van der Waals surface area contributed by atoms with E-state index in [1.807, 2.05) is 0 Å². The van der Waals surface area contributed by atoms with Gasteiger partial charge in [-0.1, -0.05) is 34.1 Å². The number of aryl methyl sites for hydroxylation is 1. The molecule has 0 saturated carbocycles. The van der Waals surface area contributed by atoms with Gasteiger partial charge < -0.3 is 0 Å². The average molecular weight is 324 g/mol. The summed E-state index contributed by atoms with van der Waals surface area (Å²) in [4.78, 5) is 2.45. The predicted octanol–water partition coefficient (Wildman–Crippen LogP) is 3.66. The van der Waals surface area contributed by atoms with E-state index in [1.165, 1.54) is 16.6 Å². The summed E-state index contributed by atoms with van der Waals surface area (Å²) in [5.74, 6) is 0. The lowest BCUT2D eigenvalue weighted by molar-refractivity contribution is 0.225. The van der Waals surface area contributed by atoms with Gasteiger partial charge in [0, 0.05) is 36.4 Å². The van der Waals surface area contributed by atoms with E-state index in [4.69, 9.17) is 5.10 Å². The number of rotatable bonds is 6. The Morgan fingerprint density at radius 3 is 2.68 bits per heavy atom. The third-order valence-electron chi connectivity index (χ3n) is 3.49. The number of para-hydroxylation sites is 1. The Labute approximate surface area is 123 Å². The molecule has 3 nitrogen and oxygen atoms in total. The average Bonchev–Trinajstić information content (AvgIpc) is 2.76. The van der Waals surface area contributed by atoms with Crippen LogP contribution in [0, 0.1) is 0 Å². The zero-order valence-corrected chi connectivity index (χ0v) is 13.5. The molecule has 0 N–H and O–H groups in total. The van der Waals surface area contributed by atoms with E-state index in [-0.39, 0.29) is 0 Å². The minimum atomic E-state index is 0.531. The topological polar surface area (TPSA) is 21.1 Å². The summed E-state index contributed by atoms with van der Waals surface area (Å²) in [6.07, 6.45) is 0. The molecule has 0 amide bonds. The normalized spacial score (nSPS) is 11.9. The van der Waals surface area contributed by atoms with Crippen LogP contribution < -0.4 is 0 Å².